The third-order valence-corrected chi connectivity index (χ3v) is 3.02. The molecule has 23 heavy (non-hydrogen) atoms. The van der Waals surface area contributed by atoms with Crippen molar-refractivity contribution in [2.24, 2.45) is 5.10 Å². The lowest BCUT2D eigenvalue weighted by molar-refractivity contribution is -0.130. The van der Waals surface area contributed by atoms with E-state index in [9.17, 15) is 4.79 Å². The van der Waals surface area contributed by atoms with Crippen LogP contribution in [0.5, 0.6) is 11.5 Å². The lowest BCUT2D eigenvalue weighted by atomic mass is 10.2. The number of rotatable bonds is 7. The highest BCUT2D eigenvalue weighted by Crippen LogP contribution is 2.28. The SMILES string of the molecule is CCOc1cc(/C=N\NC(=S)NC)ccc1OCC(=O)N(C)C. The number of benzene rings is 1. The molecule has 1 aromatic carbocycles. The van der Waals surface area contributed by atoms with E-state index in [2.05, 4.69) is 15.8 Å². The van der Waals surface area contributed by atoms with E-state index in [4.69, 9.17) is 21.7 Å². The van der Waals surface area contributed by atoms with Crippen LogP contribution in [0.3, 0.4) is 0 Å². The molecule has 1 aromatic rings. The number of hydrogen-bond donors (Lipinski definition) is 2. The van der Waals surface area contributed by atoms with Gasteiger partial charge in [-0.25, -0.2) is 0 Å². The molecule has 0 radical (unpaired) electrons. The minimum Gasteiger partial charge on any atom is -0.490 e. The van der Waals surface area contributed by atoms with Crippen LogP contribution >= 0.6 is 12.2 Å². The average Bonchev–Trinajstić information content (AvgIpc) is 2.53. The Morgan fingerprint density at radius 2 is 2.09 bits per heavy atom. The smallest absolute Gasteiger partial charge is 0.259 e. The maximum atomic E-state index is 11.6. The summed E-state index contributed by atoms with van der Waals surface area (Å²) in [6.07, 6.45) is 1.61. The minimum atomic E-state index is -0.122. The van der Waals surface area contributed by atoms with Crippen molar-refractivity contribution >= 4 is 29.5 Å². The maximum absolute atomic E-state index is 11.6. The predicted octanol–water partition coefficient (Wildman–Crippen LogP) is 0.980. The van der Waals surface area contributed by atoms with Crippen molar-refractivity contribution in [3.63, 3.8) is 0 Å². The van der Waals surface area contributed by atoms with Gasteiger partial charge in [-0.3, -0.25) is 10.2 Å². The van der Waals surface area contributed by atoms with Crippen molar-refractivity contribution in [3.8, 4) is 11.5 Å². The van der Waals surface area contributed by atoms with E-state index >= 15 is 0 Å². The van der Waals surface area contributed by atoms with Crippen molar-refractivity contribution in [2.75, 3.05) is 34.4 Å². The number of ether oxygens (including phenoxy) is 2. The highest BCUT2D eigenvalue weighted by atomic mass is 32.1. The molecule has 0 spiro atoms. The quantitative estimate of drug-likeness (QED) is 0.439. The molecule has 0 aromatic heterocycles. The number of carbonyl (C=O) groups excluding carboxylic acids is 1. The molecule has 0 aliphatic heterocycles. The summed E-state index contributed by atoms with van der Waals surface area (Å²) in [5.41, 5.74) is 3.48. The molecule has 2 N–H and O–H groups in total. The fraction of sp³-hybridized carbons (Fsp3) is 0.400. The second-order valence-corrected chi connectivity index (χ2v) is 5.07. The van der Waals surface area contributed by atoms with Crippen LogP contribution in [-0.2, 0) is 4.79 Å². The Morgan fingerprint density at radius 1 is 1.35 bits per heavy atom. The summed E-state index contributed by atoms with van der Waals surface area (Å²) in [6, 6.07) is 5.34. The van der Waals surface area contributed by atoms with Gasteiger partial charge in [0.2, 0.25) is 0 Å². The van der Waals surface area contributed by atoms with Gasteiger partial charge in [0.1, 0.15) is 0 Å². The van der Waals surface area contributed by atoms with Gasteiger partial charge in [0.05, 0.1) is 12.8 Å². The van der Waals surface area contributed by atoms with Gasteiger partial charge in [0.15, 0.2) is 23.2 Å². The Bertz CT molecular complexity index is 576. The fourth-order valence-electron chi connectivity index (χ4n) is 1.48. The standard InChI is InChI=1S/C15H22N4O3S/c1-5-21-13-8-11(9-17-18-15(23)16-2)6-7-12(13)22-10-14(20)19(3)4/h6-9H,5,10H2,1-4H3,(H2,16,18,23)/b17-9-. The van der Waals surface area contributed by atoms with Gasteiger partial charge < -0.3 is 19.7 Å². The number of carbonyl (C=O) groups is 1. The molecule has 1 rings (SSSR count). The van der Waals surface area contributed by atoms with E-state index in [1.165, 1.54) is 4.90 Å². The monoisotopic (exact) mass is 338 g/mol. The van der Waals surface area contributed by atoms with Crippen molar-refractivity contribution in [1.82, 2.24) is 15.6 Å². The Kier molecular flexibility index (Phi) is 7.82. The Hall–Kier alpha value is -2.35. The maximum Gasteiger partial charge on any atom is 0.259 e. The molecule has 0 bridgehead atoms. The number of nitrogens with zero attached hydrogens (tertiary/aromatic N) is 2. The van der Waals surface area contributed by atoms with Crippen molar-refractivity contribution < 1.29 is 14.3 Å². The summed E-state index contributed by atoms with van der Waals surface area (Å²) < 4.78 is 11.1. The van der Waals surface area contributed by atoms with Crippen molar-refractivity contribution in [2.45, 2.75) is 6.92 Å². The minimum absolute atomic E-state index is 0.0431. The molecule has 0 unspecified atom stereocenters. The zero-order chi connectivity index (χ0) is 17.2. The van der Waals surface area contributed by atoms with Gasteiger partial charge in [0.25, 0.3) is 5.91 Å². The van der Waals surface area contributed by atoms with Crippen LogP contribution in [0.4, 0.5) is 0 Å². The first kappa shape index (κ1) is 18.7. The van der Waals surface area contributed by atoms with Crippen LogP contribution in [-0.4, -0.2) is 56.5 Å². The van der Waals surface area contributed by atoms with Crippen LogP contribution in [0, 0.1) is 0 Å². The molecule has 1 amide bonds. The molecule has 0 atom stereocenters. The van der Waals surface area contributed by atoms with Crippen LogP contribution < -0.4 is 20.2 Å². The lowest BCUT2D eigenvalue weighted by Gasteiger charge is -2.14. The first-order valence-corrected chi connectivity index (χ1v) is 7.49. The van der Waals surface area contributed by atoms with Gasteiger partial charge in [-0.1, -0.05) is 0 Å². The molecule has 126 valence electrons. The van der Waals surface area contributed by atoms with E-state index in [-0.39, 0.29) is 12.5 Å². The second-order valence-electron chi connectivity index (χ2n) is 4.67. The number of hydrogen-bond acceptors (Lipinski definition) is 5. The van der Waals surface area contributed by atoms with Crippen molar-refractivity contribution in [1.29, 1.82) is 0 Å². The molecule has 0 fully saturated rings. The van der Waals surface area contributed by atoms with Crippen LogP contribution in [0.25, 0.3) is 0 Å². The number of hydrazone groups is 1. The molecule has 7 nitrogen and oxygen atoms in total. The Labute approximate surface area is 141 Å². The third kappa shape index (κ3) is 6.52. The van der Waals surface area contributed by atoms with E-state index in [1.807, 2.05) is 13.0 Å². The van der Waals surface area contributed by atoms with Gasteiger partial charge in [0, 0.05) is 21.1 Å². The number of amides is 1. The van der Waals surface area contributed by atoms with E-state index in [0.717, 1.165) is 5.56 Å². The van der Waals surface area contributed by atoms with Gasteiger partial charge in [-0.15, -0.1) is 0 Å². The Morgan fingerprint density at radius 3 is 2.70 bits per heavy atom. The molecular weight excluding hydrogens is 316 g/mol. The average molecular weight is 338 g/mol. The highest BCUT2D eigenvalue weighted by molar-refractivity contribution is 7.80. The summed E-state index contributed by atoms with van der Waals surface area (Å²) >= 11 is 4.92. The van der Waals surface area contributed by atoms with Crippen LogP contribution in [0.15, 0.2) is 23.3 Å². The second kappa shape index (κ2) is 9.62. The molecular formula is C15H22N4O3S. The zero-order valence-corrected chi connectivity index (χ0v) is 14.6. The molecule has 0 aliphatic carbocycles. The number of nitrogens with one attached hydrogen (secondary N) is 2. The number of thiocarbonyl (C=S) groups is 1. The molecule has 0 saturated heterocycles. The largest absolute Gasteiger partial charge is 0.490 e. The summed E-state index contributed by atoms with van der Waals surface area (Å²) in [4.78, 5) is 13.1. The molecule has 0 heterocycles. The summed E-state index contributed by atoms with van der Waals surface area (Å²) in [5.74, 6) is 0.944. The normalized spacial score (nSPS) is 10.3. The van der Waals surface area contributed by atoms with Gasteiger partial charge >= 0.3 is 0 Å². The summed E-state index contributed by atoms with van der Waals surface area (Å²) in [7, 11) is 5.06. The molecule has 0 saturated carbocycles. The predicted molar refractivity (Wildman–Crippen MR) is 94.2 cm³/mol. The van der Waals surface area contributed by atoms with E-state index in [1.54, 1.807) is 39.5 Å². The van der Waals surface area contributed by atoms with E-state index < -0.39 is 0 Å². The van der Waals surface area contributed by atoms with Crippen molar-refractivity contribution in [3.05, 3.63) is 23.8 Å². The molecule has 8 heteroatoms. The first-order valence-electron chi connectivity index (χ1n) is 7.08. The summed E-state index contributed by atoms with van der Waals surface area (Å²) in [5, 5.41) is 7.18. The number of likely N-dealkylation sites (N-methyl/N-ethyl adjacent to an activating group) is 1. The Balaban J connectivity index is 2.80. The van der Waals surface area contributed by atoms with Crippen LogP contribution in [0.2, 0.25) is 0 Å². The molecule has 0 aliphatic rings. The highest BCUT2D eigenvalue weighted by Gasteiger charge is 2.10. The third-order valence-electron chi connectivity index (χ3n) is 2.72. The lowest BCUT2D eigenvalue weighted by Crippen LogP contribution is -2.28. The van der Waals surface area contributed by atoms with E-state index in [0.29, 0.717) is 23.2 Å². The topological polar surface area (TPSA) is 75.2 Å². The first-order chi connectivity index (χ1) is 11.0. The van der Waals surface area contributed by atoms with Crippen LogP contribution in [0.1, 0.15) is 12.5 Å². The fourth-order valence-corrected chi connectivity index (χ4v) is 1.54. The van der Waals surface area contributed by atoms with Gasteiger partial charge in [-0.05, 0) is 42.9 Å². The summed E-state index contributed by atoms with van der Waals surface area (Å²) in [6.45, 7) is 2.32. The zero-order valence-electron chi connectivity index (χ0n) is 13.8. The van der Waals surface area contributed by atoms with Gasteiger partial charge in [-0.2, -0.15) is 5.10 Å².